The molecule has 0 atom stereocenters. The summed E-state index contributed by atoms with van der Waals surface area (Å²) in [5.74, 6) is 1.72. The highest BCUT2D eigenvalue weighted by Crippen LogP contribution is 2.34. The van der Waals surface area contributed by atoms with Gasteiger partial charge in [-0.1, -0.05) is 19.3 Å². The molecule has 0 aromatic carbocycles. The van der Waals surface area contributed by atoms with Crippen LogP contribution in [0.1, 0.15) is 83.2 Å². The minimum absolute atomic E-state index is 0.0199. The highest BCUT2D eigenvalue weighted by molar-refractivity contribution is 7.13. The summed E-state index contributed by atoms with van der Waals surface area (Å²) in [6.45, 7) is 8.67. The second-order valence-electron chi connectivity index (χ2n) is 10.5. The molecule has 0 radical (unpaired) electrons. The molecule has 2 aromatic heterocycles. The van der Waals surface area contributed by atoms with Crippen LogP contribution in [0.15, 0.2) is 17.6 Å². The second-order valence-corrected chi connectivity index (χ2v) is 11.4. The molecule has 190 valence electrons. The third kappa shape index (κ3) is 6.48. The SMILES string of the molecule is Cc1nc(Nc2nccs2)cc(C2CCN(C(=O)C3(NC(=O)OC(C)(C)C)CCCCC3)CC2)n1. The van der Waals surface area contributed by atoms with E-state index in [0.717, 1.165) is 48.7 Å². The molecule has 2 fully saturated rings. The quantitative estimate of drug-likeness (QED) is 0.600. The maximum Gasteiger partial charge on any atom is 0.408 e. The zero-order chi connectivity index (χ0) is 25.1. The maximum atomic E-state index is 13.7. The van der Waals surface area contributed by atoms with Gasteiger partial charge >= 0.3 is 6.09 Å². The van der Waals surface area contributed by atoms with Crippen LogP contribution >= 0.6 is 11.3 Å². The summed E-state index contributed by atoms with van der Waals surface area (Å²) in [6.07, 6.45) is 7.12. The first kappa shape index (κ1) is 25.3. The lowest BCUT2D eigenvalue weighted by Crippen LogP contribution is -2.62. The summed E-state index contributed by atoms with van der Waals surface area (Å²) in [4.78, 5) is 41.7. The van der Waals surface area contributed by atoms with Gasteiger partial charge < -0.3 is 20.3 Å². The predicted octanol–water partition coefficient (Wildman–Crippen LogP) is 4.92. The Morgan fingerprint density at radius 3 is 2.49 bits per heavy atom. The average molecular weight is 501 g/mol. The molecule has 1 aliphatic heterocycles. The van der Waals surface area contributed by atoms with Gasteiger partial charge in [0.1, 0.15) is 22.8 Å². The van der Waals surface area contributed by atoms with Crippen molar-refractivity contribution in [1.29, 1.82) is 0 Å². The van der Waals surface area contributed by atoms with Gasteiger partial charge in [0.2, 0.25) is 5.91 Å². The molecular formula is C25H36N6O3S. The van der Waals surface area contributed by atoms with Gasteiger partial charge in [-0.25, -0.2) is 19.7 Å². The third-order valence-corrected chi connectivity index (χ3v) is 7.27. The van der Waals surface area contributed by atoms with Gasteiger partial charge in [0.05, 0.1) is 0 Å². The Hall–Kier alpha value is -2.75. The van der Waals surface area contributed by atoms with Crippen LogP contribution in [0.3, 0.4) is 0 Å². The van der Waals surface area contributed by atoms with E-state index in [1.807, 2.05) is 44.0 Å². The molecule has 0 bridgehead atoms. The monoisotopic (exact) mass is 500 g/mol. The Labute approximate surface area is 211 Å². The summed E-state index contributed by atoms with van der Waals surface area (Å²) in [5, 5.41) is 8.95. The van der Waals surface area contributed by atoms with Gasteiger partial charge in [-0.2, -0.15) is 0 Å². The zero-order valence-electron chi connectivity index (χ0n) is 21.1. The number of aryl methyl sites for hydroxylation is 1. The van der Waals surface area contributed by atoms with Crippen molar-refractivity contribution >= 4 is 34.3 Å². The first-order valence-corrected chi connectivity index (χ1v) is 13.3. The van der Waals surface area contributed by atoms with Crippen molar-refractivity contribution in [3.8, 4) is 0 Å². The molecule has 1 saturated carbocycles. The molecule has 2 N–H and O–H groups in total. The molecule has 2 aliphatic rings. The van der Waals surface area contributed by atoms with Crippen molar-refractivity contribution < 1.29 is 14.3 Å². The summed E-state index contributed by atoms with van der Waals surface area (Å²) in [6, 6.07) is 1.99. The Bertz CT molecular complexity index is 1020. The minimum atomic E-state index is -0.871. The van der Waals surface area contributed by atoms with Crippen LogP contribution in [0.25, 0.3) is 0 Å². The molecule has 3 heterocycles. The molecule has 0 spiro atoms. The Morgan fingerprint density at radius 2 is 1.86 bits per heavy atom. The number of ether oxygens (including phenoxy) is 1. The first-order chi connectivity index (χ1) is 16.6. The van der Waals surface area contributed by atoms with Crippen LogP contribution in [0, 0.1) is 6.92 Å². The van der Waals surface area contributed by atoms with Crippen LogP contribution in [-0.4, -0.2) is 56.1 Å². The van der Waals surface area contributed by atoms with Gasteiger partial charge in [0.25, 0.3) is 0 Å². The van der Waals surface area contributed by atoms with Gasteiger partial charge in [-0.05, 0) is 53.4 Å². The molecule has 9 nitrogen and oxygen atoms in total. The van der Waals surface area contributed by atoms with E-state index in [2.05, 4.69) is 25.6 Å². The van der Waals surface area contributed by atoms with E-state index in [1.54, 1.807) is 6.20 Å². The number of hydrogen-bond acceptors (Lipinski definition) is 8. The van der Waals surface area contributed by atoms with Crippen molar-refractivity contribution in [2.75, 3.05) is 18.4 Å². The van der Waals surface area contributed by atoms with Crippen molar-refractivity contribution in [1.82, 2.24) is 25.2 Å². The fourth-order valence-electron chi connectivity index (χ4n) is 4.99. The van der Waals surface area contributed by atoms with Gasteiger partial charge in [0.15, 0.2) is 5.13 Å². The van der Waals surface area contributed by atoms with Crippen molar-refractivity contribution in [3.63, 3.8) is 0 Å². The van der Waals surface area contributed by atoms with Crippen molar-refractivity contribution in [3.05, 3.63) is 29.2 Å². The summed E-state index contributed by atoms with van der Waals surface area (Å²) >= 11 is 1.52. The molecule has 35 heavy (non-hydrogen) atoms. The Kier molecular flexibility index (Phi) is 7.59. The van der Waals surface area contributed by atoms with Crippen LogP contribution < -0.4 is 10.6 Å². The van der Waals surface area contributed by atoms with Crippen molar-refractivity contribution in [2.24, 2.45) is 0 Å². The fourth-order valence-corrected chi connectivity index (χ4v) is 5.52. The van der Waals surface area contributed by atoms with E-state index in [-0.39, 0.29) is 11.8 Å². The minimum Gasteiger partial charge on any atom is -0.444 e. The number of carbonyl (C=O) groups is 2. The predicted molar refractivity (Wildman–Crippen MR) is 136 cm³/mol. The van der Waals surface area contributed by atoms with Crippen LogP contribution in [0.4, 0.5) is 15.7 Å². The second kappa shape index (κ2) is 10.5. The fraction of sp³-hybridized carbons (Fsp3) is 0.640. The number of hydrogen-bond donors (Lipinski definition) is 2. The number of nitrogens with one attached hydrogen (secondary N) is 2. The van der Waals surface area contributed by atoms with Gasteiger partial charge in [-0.15, -0.1) is 11.3 Å². The smallest absolute Gasteiger partial charge is 0.408 e. The highest BCUT2D eigenvalue weighted by Gasteiger charge is 2.45. The van der Waals surface area contributed by atoms with Gasteiger partial charge in [-0.3, -0.25) is 4.79 Å². The van der Waals surface area contributed by atoms with Crippen LogP contribution in [0.2, 0.25) is 0 Å². The maximum absolute atomic E-state index is 13.7. The number of piperidine rings is 1. The van der Waals surface area contributed by atoms with Crippen molar-refractivity contribution in [2.45, 2.75) is 89.7 Å². The third-order valence-electron chi connectivity index (χ3n) is 6.58. The normalized spacial score (nSPS) is 18.7. The number of amides is 2. The number of likely N-dealkylation sites (tertiary alicyclic amines) is 1. The number of carbonyl (C=O) groups excluding carboxylic acids is 2. The lowest BCUT2D eigenvalue weighted by atomic mass is 9.80. The van der Waals surface area contributed by atoms with E-state index in [1.165, 1.54) is 11.3 Å². The lowest BCUT2D eigenvalue weighted by molar-refractivity contribution is -0.141. The highest BCUT2D eigenvalue weighted by atomic mass is 32.1. The number of aromatic nitrogens is 3. The number of anilines is 2. The number of nitrogens with zero attached hydrogens (tertiary/aromatic N) is 4. The van der Waals surface area contributed by atoms with E-state index >= 15 is 0 Å². The van der Waals surface area contributed by atoms with Crippen LogP contribution in [0.5, 0.6) is 0 Å². The molecule has 2 amide bonds. The Morgan fingerprint density at radius 1 is 1.14 bits per heavy atom. The topological polar surface area (TPSA) is 109 Å². The molecule has 0 unspecified atom stereocenters. The zero-order valence-corrected chi connectivity index (χ0v) is 21.9. The Balaban J connectivity index is 1.42. The van der Waals surface area contributed by atoms with E-state index in [9.17, 15) is 9.59 Å². The van der Waals surface area contributed by atoms with E-state index in [0.29, 0.717) is 31.8 Å². The average Bonchev–Trinajstić information content (AvgIpc) is 3.30. The standard InChI is InChI=1S/C25H36N6O3S/c1-17-27-19(16-20(28-17)29-22-26-12-15-35-22)18-8-13-31(14-9-18)21(32)25(10-6-5-7-11-25)30-23(33)34-24(2,3)4/h12,15-16,18H,5-11,13-14H2,1-4H3,(H,30,33)(H,26,27,28,29). The first-order valence-electron chi connectivity index (χ1n) is 12.5. The summed E-state index contributed by atoms with van der Waals surface area (Å²) < 4.78 is 5.49. The van der Waals surface area contributed by atoms with Crippen LogP contribution in [-0.2, 0) is 9.53 Å². The molecular weight excluding hydrogens is 464 g/mol. The van der Waals surface area contributed by atoms with E-state index in [4.69, 9.17) is 4.74 Å². The number of rotatable bonds is 5. The largest absolute Gasteiger partial charge is 0.444 e. The lowest BCUT2D eigenvalue weighted by Gasteiger charge is -2.42. The number of thiazole rings is 1. The summed E-state index contributed by atoms with van der Waals surface area (Å²) in [7, 11) is 0. The van der Waals surface area contributed by atoms with E-state index < -0.39 is 17.2 Å². The number of alkyl carbamates (subject to hydrolysis) is 1. The summed E-state index contributed by atoms with van der Waals surface area (Å²) in [5.41, 5.74) is -0.489. The molecule has 4 rings (SSSR count). The molecule has 2 aromatic rings. The van der Waals surface area contributed by atoms with Gasteiger partial charge in [0, 0.05) is 42.3 Å². The molecule has 10 heteroatoms. The molecule has 1 aliphatic carbocycles. The molecule has 1 saturated heterocycles.